The number of carbonyl (C=O) groups excluding carboxylic acids is 2. The Balaban J connectivity index is 1.64. The van der Waals surface area contributed by atoms with Crippen LogP contribution in [0.2, 0.25) is 0 Å². The largest absolute Gasteiger partial charge is 0.476 e. The van der Waals surface area contributed by atoms with E-state index >= 15 is 0 Å². The van der Waals surface area contributed by atoms with Crippen LogP contribution in [0.3, 0.4) is 0 Å². The predicted octanol–water partition coefficient (Wildman–Crippen LogP) is 1.83. The monoisotopic (exact) mass is 374 g/mol. The molecule has 2 amide bonds. The SMILES string of the molecule is CC(C)(CO)C(=N)CC(=O)NC(=O)c1cnc(C2CC2)c(OCC2CC2)n1. The highest BCUT2D eigenvalue weighted by Crippen LogP contribution is 2.42. The normalized spacial score (nSPS) is 16.7. The standard InChI is InChI=1S/C19H26N4O4/c1-19(2,10-24)14(20)7-15(25)23-17(26)13-8-21-16(12-5-6-12)18(22-13)27-9-11-3-4-11/h8,11-12,20,24H,3-7,9-10H2,1-2H3,(H,23,25,26). The van der Waals surface area contributed by atoms with Gasteiger partial charge in [-0.3, -0.25) is 19.9 Å². The lowest BCUT2D eigenvalue weighted by Gasteiger charge is -2.22. The third kappa shape index (κ3) is 5.09. The average molecular weight is 374 g/mol. The van der Waals surface area contributed by atoms with Gasteiger partial charge in [0.25, 0.3) is 5.91 Å². The minimum Gasteiger partial charge on any atom is -0.476 e. The maximum Gasteiger partial charge on any atom is 0.278 e. The van der Waals surface area contributed by atoms with E-state index in [4.69, 9.17) is 10.1 Å². The number of ether oxygens (including phenoxy) is 1. The molecule has 8 nitrogen and oxygen atoms in total. The summed E-state index contributed by atoms with van der Waals surface area (Å²) in [6.07, 6.45) is 5.48. The maximum atomic E-state index is 12.3. The Morgan fingerprint density at radius 1 is 1.33 bits per heavy atom. The number of nitrogens with one attached hydrogen (secondary N) is 2. The molecule has 1 aromatic heterocycles. The van der Waals surface area contributed by atoms with E-state index in [1.807, 2.05) is 0 Å². The molecule has 2 aliphatic rings. The summed E-state index contributed by atoms with van der Waals surface area (Å²) in [4.78, 5) is 33.0. The van der Waals surface area contributed by atoms with Crippen molar-refractivity contribution in [1.82, 2.24) is 15.3 Å². The number of aromatic nitrogens is 2. The number of carbonyl (C=O) groups is 2. The van der Waals surface area contributed by atoms with Crippen molar-refractivity contribution < 1.29 is 19.4 Å². The zero-order valence-electron chi connectivity index (χ0n) is 15.7. The van der Waals surface area contributed by atoms with Crippen LogP contribution in [0.4, 0.5) is 0 Å². The average Bonchev–Trinajstić information content (AvgIpc) is 3.53. The van der Waals surface area contributed by atoms with Crippen molar-refractivity contribution in [1.29, 1.82) is 5.41 Å². The molecular weight excluding hydrogens is 348 g/mol. The Morgan fingerprint density at radius 3 is 2.63 bits per heavy atom. The van der Waals surface area contributed by atoms with Gasteiger partial charge in [-0.2, -0.15) is 0 Å². The molecule has 0 atom stereocenters. The summed E-state index contributed by atoms with van der Waals surface area (Å²) in [5.41, 5.74) is 0.0473. The fourth-order valence-corrected chi connectivity index (χ4v) is 2.45. The number of imide groups is 1. The molecule has 2 fully saturated rings. The molecule has 146 valence electrons. The molecule has 0 saturated heterocycles. The van der Waals surface area contributed by atoms with Crippen LogP contribution in [0.5, 0.6) is 5.88 Å². The second-order valence-corrected chi connectivity index (χ2v) is 8.05. The zero-order valence-corrected chi connectivity index (χ0v) is 15.7. The van der Waals surface area contributed by atoms with Crippen LogP contribution in [0.1, 0.15) is 68.1 Å². The third-order valence-electron chi connectivity index (χ3n) is 4.92. The molecule has 0 unspecified atom stereocenters. The number of hydrogen-bond acceptors (Lipinski definition) is 7. The lowest BCUT2D eigenvalue weighted by atomic mass is 9.86. The van der Waals surface area contributed by atoms with E-state index in [1.54, 1.807) is 13.8 Å². The summed E-state index contributed by atoms with van der Waals surface area (Å²) >= 11 is 0. The number of amides is 2. The molecule has 2 aliphatic carbocycles. The third-order valence-corrected chi connectivity index (χ3v) is 4.92. The molecule has 1 aromatic rings. The first-order valence-corrected chi connectivity index (χ1v) is 9.33. The number of aliphatic hydroxyl groups is 1. The van der Waals surface area contributed by atoms with E-state index in [1.165, 1.54) is 6.20 Å². The smallest absolute Gasteiger partial charge is 0.278 e. The van der Waals surface area contributed by atoms with Gasteiger partial charge in [0.15, 0.2) is 5.69 Å². The fourth-order valence-electron chi connectivity index (χ4n) is 2.45. The van der Waals surface area contributed by atoms with E-state index < -0.39 is 17.2 Å². The molecule has 0 bridgehead atoms. The van der Waals surface area contributed by atoms with Crippen molar-refractivity contribution in [3.05, 3.63) is 17.6 Å². The molecular formula is C19H26N4O4. The Hall–Kier alpha value is -2.35. The van der Waals surface area contributed by atoms with Crippen LogP contribution in [-0.2, 0) is 4.79 Å². The van der Waals surface area contributed by atoms with Crippen molar-refractivity contribution in [2.45, 2.75) is 51.9 Å². The summed E-state index contributed by atoms with van der Waals surface area (Å²) in [6, 6.07) is 0. The Labute approximate surface area is 158 Å². The number of rotatable bonds is 9. The van der Waals surface area contributed by atoms with Crippen molar-refractivity contribution in [3.63, 3.8) is 0 Å². The van der Waals surface area contributed by atoms with Crippen molar-refractivity contribution >= 4 is 17.5 Å². The van der Waals surface area contributed by atoms with Crippen molar-refractivity contribution in [2.24, 2.45) is 11.3 Å². The van der Waals surface area contributed by atoms with Crippen LogP contribution >= 0.6 is 0 Å². The minimum absolute atomic E-state index is 0.0199. The van der Waals surface area contributed by atoms with Gasteiger partial charge in [-0.25, -0.2) is 4.98 Å². The van der Waals surface area contributed by atoms with Gasteiger partial charge in [-0.15, -0.1) is 0 Å². The molecule has 0 aliphatic heterocycles. The van der Waals surface area contributed by atoms with Gasteiger partial charge in [0.2, 0.25) is 11.8 Å². The summed E-state index contributed by atoms with van der Waals surface area (Å²) in [5, 5.41) is 19.4. The summed E-state index contributed by atoms with van der Waals surface area (Å²) in [7, 11) is 0. The van der Waals surface area contributed by atoms with E-state index in [9.17, 15) is 14.7 Å². The first-order valence-electron chi connectivity index (χ1n) is 9.33. The minimum atomic E-state index is -0.810. The van der Waals surface area contributed by atoms with E-state index in [-0.39, 0.29) is 24.4 Å². The first kappa shape index (κ1) is 19.4. The van der Waals surface area contributed by atoms with E-state index in [2.05, 4.69) is 15.3 Å². The highest BCUT2D eigenvalue weighted by atomic mass is 16.5. The topological polar surface area (TPSA) is 125 Å². The van der Waals surface area contributed by atoms with Crippen LogP contribution < -0.4 is 10.1 Å². The zero-order chi connectivity index (χ0) is 19.6. The van der Waals surface area contributed by atoms with Gasteiger partial charge >= 0.3 is 0 Å². The lowest BCUT2D eigenvalue weighted by molar-refractivity contribution is -0.119. The van der Waals surface area contributed by atoms with Crippen molar-refractivity contribution in [2.75, 3.05) is 13.2 Å². The van der Waals surface area contributed by atoms with Crippen LogP contribution in [-0.4, -0.2) is 45.8 Å². The van der Waals surface area contributed by atoms with Gasteiger partial charge in [0, 0.05) is 17.0 Å². The number of hydrogen-bond donors (Lipinski definition) is 3. The van der Waals surface area contributed by atoms with Gasteiger partial charge in [-0.1, -0.05) is 13.8 Å². The Bertz CT molecular complexity index is 754. The quantitative estimate of drug-likeness (QED) is 0.566. The predicted molar refractivity (Wildman–Crippen MR) is 97.9 cm³/mol. The second kappa shape index (κ2) is 7.72. The van der Waals surface area contributed by atoms with Gasteiger partial charge in [0.1, 0.15) is 5.69 Å². The Kier molecular flexibility index (Phi) is 5.55. The molecule has 3 N–H and O–H groups in total. The van der Waals surface area contributed by atoms with Crippen LogP contribution in [0, 0.1) is 16.7 Å². The highest BCUT2D eigenvalue weighted by Gasteiger charge is 2.32. The van der Waals surface area contributed by atoms with Crippen LogP contribution in [0.15, 0.2) is 6.20 Å². The highest BCUT2D eigenvalue weighted by molar-refractivity contribution is 6.10. The summed E-state index contributed by atoms with van der Waals surface area (Å²) in [5.74, 6) is 0.00450. The number of aliphatic hydroxyl groups excluding tert-OH is 1. The molecule has 27 heavy (non-hydrogen) atoms. The molecule has 0 radical (unpaired) electrons. The van der Waals surface area contributed by atoms with Gasteiger partial charge in [0.05, 0.1) is 25.8 Å². The molecule has 8 heteroatoms. The Morgan fingerprint density at radius 2 is 2.04 bits per heavy atom. The molecule has 0 aromatic carbocycles. The lowest BCUT2D eigenvalue weighted by Crippen LogP contribution is -2.36. The molecule has 2 saturated carbocycles. The molecule has 0 spiro atoms. The summed E-state index contributed by atoms with van der Waals surface area (Å²) in [6.45, 7) is 3.65. The first-order chi connectivity index (χ1) is 12.8. The van der Waals surface area contributed by atoms with Crippen LogP contribution in [0.25, 0.3) is 0 Å². The maximum absolute atomic E-state index is 12.3. The van der Waals surface area contributed by atoms with E-state index in [0.29, 0.717) is 24.3 Å². The summed E-state index contributed by atoms with van der Waals surface area (Å²) < 4.78 is 5.78. The molecule has 1 heterocycles. The fraction of sp³-hybridized carbons (Fsp3) is 0.632. The second-order valence-electron chi connectivity index (χ2n) is 8.05. The van der Waals surface area contributed by atoms with E-state index in [0.717, 1.165) is 31.4 Å². The number of nitrogens with zero attached hydrogens (tertiary/aromatic N) is 2. The molecule has 3 rings (SSSR count). The van der Waals surface area contributed by atoms with Gasteiger partial charge < -0.3 is 15.3 Å². The van der Waals surface area contributed by atoms with Gasteiger partial charge in [-0.05, 0) is 31.6 Å². The van der Waals surface area contributed by atoms with Crippen molar-refractivity contribution in [3.8, 4) is 5.88 Å².